The van der Waals surface area contributed by atoms with Crippen LogP contribution in [-0.2, 0) is 14.4 Å². The molecule has 3 amide bonds. The summed E-state index contributed by atoms with van der Waals surface area (Å²) in [5.74, 6) is -3.10. The molecule has 0 unspecified atom stereocenters. The fourth-order valence-electron chi connectivity index (χ4n) is 2.42. The molecule has 0 saturated carbocycles. The quantitative estimate of drug-likeness (QED) is 0.0362. The van der Waals surface area contributed by atoms with Crippen LogP contribution in [-0.4, -0.2) is 71.0 Å². The molecular weight excluding hydrogens is 436 g/mol. The van der Waals surface area contributed by atoms with E-state index in [1.165, 1.54) is 6.92 Å². The first kappa shape index (κ1) is 30.5. The highest BCUT2D eigenvalue weighted by Gasteiger charge is 2.29. The van der Waals surface area contributed by atoms with E-state index >= 15 is 0 Å². The van der Waals surface area contributed by atoms with Gasteiger partial charge in [0.15, 0.2) is 5.03 Å². The molecule has 0 spiro atoms. The number of hydrogen-bond donors (Lipinski definition) is 8. The minimum absolute atomic E-state index is 0. The number of hydrazine groups is 1. The molecule has 0 bridgehead atoms. The Kier molecular flexibility index (Phi) is 15.9. The number of nitrogens with one attached hydrogen (secondary N) is 6. The number of guanidine groups is 1. The van der Waals surface area contributed by atoms with Gasteiger partial charge in [0.2, 0.25) is 17.7 Å². The van der Waals surface area contributed by atoms with E-state index in [1.54, 1.807) is 5.43 Å². The Bertz CT molecular complexity index is 625. The van der Waals surface area contributed by atoms with E-state index in [1.807, 2.05) is 13.8 Å². The van der Waals surface area contributed by atoms with Crippen LogP contribution in [0.3, 0.4) is 0 Å². The Balaban J connectivity index is 0. The first-order chi connectivity index (χ1) is 13.9. The van der Waals surface area contributed by atoms with Crippen LogP contribution in [0.25, 0.3) is 0 Å². The lowest BCUT2D eigenvalue weighted by Gasteiger charge is -2.24. The maximum atomic E-state index is 12.6. The highest BCUT2D eigenvalue weighted by molar-refractivity contribution is 6.43. The average Bonchev–Trinajstić information content (AvgIpc) is 2.60. The fourth-order valence-corrected chi connectivity index (χ4v) is 2.42. The van der Waals surface area contributed by atoms with Gasteiger partial charge in [-0.25, -0.2) is 10.1 Å². The van der Waals surface area contributed by atoms with Crippen LogP contribution in [0.2, 0.25) is 0 Å². The zero-order valence-electron chi connectivity index (χ0n) is 17.6. The average molecular weight is 468 g/mol. The number of halogens is 1. The van der Waals surface area contributed by atoms with Crippen LogP contribution >= 0.6 is 12.4 Å². The van der Waals surface area contributed by atoms with E-state index in [9.17, 15) is 34.5 Å². The molecule has 0 radical (unpaired) electrons. The van der Waals surface area contributed by atoms with Crippen molar-refractivity contribution in [1.82, 2.24) is 26.7 Å². The van der Waals surface area contributed by atoms with Crippen LogP contribution in [0.4, 0.5) is 0 Å². The summed E-state index contributed by atoms with van der Waals surface area (Å²) in [5, 5.41) is 45.3. The summed E-state index contributed by atoms with van der Waals surface area (Å²) in [7, 11) is -1.79. The lowest BCUT2D eigenvalue weighted by molar-refractivity contribution is -0.525. The Labute approximate surface area is 186 Å². The van der Waals surface area contributed by atoms with Crippen LogP contribution in [0, 0.1) is 21.4 Å². The van der Waals surface area contributed by atoms with Gasteiger partial charge in [0, 0.05) is 13.5 Å². The van der Waals surface area contributed by atoms with Crippen molar-refractivity contribution in [3.63, 3.8) is 0 Å². The van der Waals surface area contributed by atoms with E-state index in [0.717, 1.165) is 0 Å². The molecule has 31 heavy (non-hydrogen) atoms. The summed E-state index contributed by atoms with van der Waals surface area (Å²) in [6, 6.07) is -1.06. The van der Waals surface area contributed by atoms with Gasteiger partial charge in [-0.2, -0.15) is 0 Å². The SMILES string of the molecule is CC(=O)NCC(=O)N[C@@H](CCCNC(=N)N[N+](=O)[O-])C(=O)N[C@@H](CC(C)C)B(O)O.Cl. The normalized spacial score (nSPS) is 11.9. The summed E-state index contributed by atoms with van der Waals surface area (Å²) in [6.45, 7) is 4.67. The molecule has 16 heteroatoms. The molecule has 0 aromatic carbocycles. The van der Waals surface area contributed by atoms with Crippen molar-refractivity contribution in [3.8, 4) is 0 Å². The molecule has 0 aliphatic rings. The second-order valence-corrected chi connectivity index (χ2v) is 7.00. The highest BCUT2D eigenvalue weighted by Crippen LogP contribution is 2.07. The van der Waals surface area contributed by atoms with Crippen molar-refractivity contribution in [2.45, 2.75) is 52.0 Å². The topological polar surface area (TPSA) is 219 Å². The molecule has 0 aliphatic carbocycles. The Morgan fingerprint density at radius 1 is 1.16 bits per heavy atom. The van der Waals surface area contributed by atoms with E-state index in [0.29, 0.717) is 6.42 Å². The van der Waals surface area contributed by atoms with Crippen molar-refractivity contribution in [1.29, 1.82) is 5.41 Å². The van der Waals surface area contributed by atoms with E-state index in [4.69, 9.17) is 5.41 Å². The molecule has 178 valence electrons. The third-order valence-electron chi connectivity index (χ3n) is 3.74. The summed E-state index contributed by atoms with van der Waals surface area (Å²) >= 11 is 0. The molecule has 0 rings (SSSR count). The van der Waals surface area contributed by atoms with Gasteiger partial charge in [-0.1, -0.05) is 19.3 Å². The standard InChI is InChI=1S/C15H30BN7O7.ClH/c1-9(2)7-12(16(27)28)21-14(26)11(20-13(25)8-19-10(3)24)5-4-6-18-15(17)22-23(29)30;/h9,11-12,27-28H,4-8H2,1-3H3,(H,19,24)(H,20,25)(H,21,26)(H3,17,18,22);1H/t11-,12-;/m0./s1. The number of nitrogens with zero attached hydrogens (tertiary/aromatic N) is 1. The maximum Gasteiger partial charge on any atom is 0.475 e. The summed E-state index contributed by atoms with van der Waals surface area (Å²) in [4.78, 5) is 45.8. The zero-order chi connectivity index (χ0) is 23.3. The molecular formula is C15H31BClN7O7. The molecule has 0 aliphatic heterocycles. The fraction of sp³-hybridized carbons (Fsp3) is 0.733. The Morgan fingerprint density at radius 3 is 2.26 bits per heavy atom. The zero-order valence-corrected chi connectivity index (χ0v) is 18.5. The second-order valence-electron chi connectivity index (χ2n) is 7.00. The highest BCUT2D eigenvalue weighted by atomic mass is 35.5. The molecule has 0 fully saturated rings. The summed E-state index contributed by atoms with van der Waals surface area (Å²) in [5.41, 5.74) is 1.62. The molecule has 0 aromatic rings. The van der Waals surface area contributed by atoms with Crippen molar-refractivity contribution < 1.29 is 29.5 Å². The second kappa shape index (κ2) is 16.1. The summed E-state index contributed by atoms with van der Waals surface area (Å²) in [6.07, 6.45) is 0.629. The van der Waals surface area contributed by atoms with Gasteiger partial charge in [0.1, 0.15) is 6.04 Å². The molecule has 2 atom stereocenters. The Morgan fingerprint density at radius 2 is 1.77 bits per heavy atom. The van der Waals surface area contributed by atoms with Gasteiger partial charge in [-0.15, -0.1) is 12.4 Å². The molecule has 14 nitrogen and oxygen atoms in total. The number of amides is 3. The molecule has 8 N–H and O–H groups in total. The smallest absolute Gasteiger partial charge is 0.426 e. The molecule has 0 heterocycles. The van der Waals surface area contributed by atoms with Gasteiger partial charge < -0.3 is 31.3 Å². The minimum Gasteiger partial charge on any atom is -0.426 e. The van der Waals surface area contributed by atoms with E-state index in [2.05, 4.69) is 21.3 Å². The maximum absolute atomic E-state index is 12.6. The largest absolute Gasteiger partial charge is 0.475 e. The summed E-state index contributed by atoms with van der Waals surface area (Å²) < 4.78 is 0. The predicted octanol–water partition coefficient (Wildman–Crippen LogP) is -2.34. The Hall–Kier alpha value is -2.65. The van der Waals surface area contributed by atoms with Crippen LogP contribution in [0.1, 0.15) is 40.0 Å². The molecule has 0 aromatic heterocycles. The van der Waals surface area contributed by atoms with E-state index in [-0.39, 0.29) is 44.3 Å². The number of carbonyl (C=O) groups is 3. The first-order valence-electron chi connectivity index (χ1n) is 9.36. The third kappa shape index (κ3) is 15.8. The number of rotatable bonds is 13. The van der Waals surface area contributed by atoms with Gasteiger partial charge in [0.25, 0.3) is 5.96 Å². The van der Waals surface area contributed by atoms with Crippen LogP contribution in [0.15, 0.2) is 0 Å². The van der Waals surface area contributed by atoms with Crippen LogP contribution in [0.5, 0.6) is 0 Å². The monoisotopic (exact) mass is 467 g/mol. The van der Waals surface area contributed by atoms with Gasteiger partial charge >= 0.3 is 7.12 Å². The van der Waals surface area contributed by atoms with Gasteiger partial charge in [0.05, 0.1) is 12.5 Å². The lowest BCUT2D eigenvalue weighted by Crippen LogP contribution is -2.55. The van der Waals surface area contributed by atoms with Gasteiger partial charge in [-0.05, 0) is 25.2 Å². The van der Waals surface area contributed by atoms with E-state index < -0.39 is 47.8 Å². The van der Waals surface area contributed by atoms with Crippen molar-refractivity contribution in [2.24, 2.45) is 5.92 Å². The van der Waals surface area contributed by atoms with Crippen molar-refractivity contribution >= 4 is 43.2 Å². The number of nitro groups is 1. The third-order valence-corrected chi connectivity index (χ3v) is 3.74. The van der Waals surface area contributed by atoms with Crippen molar-refractivity contribution in [2.75, 3.05) is 13.1 Å². The van der Waals surface area contributed by atoms with Crippen LogP contribution < -0.4 is 26.7 Å². The minimum atomic E-state index is -1.79. The predicted molar refractivity (Wildman–Crippen MR) is 115 cm³/mol. The number of hydrogen-bond acceptors (Lipinski definition) is 8. The van der Waals surface area contributed by atoms with Crippen molar-refractivity contribution in [3.05, 3.63) is 10.1 Å². The number of carbonyl (C=O) groups excluding carboxylic acids is 3. The first-order valence-corrected chi connectivity index (χ1v) is 9.36. The molecule has 0 saturated heterocycles. The lowest BCUT2D eigenvalue weighted by atomic mass is 9.75. The van der Waals surface area contributed by atoms with Gasteiger partial charge in [-0.3, -0.25) is 19.8 Å².